The summed E-state index contributed by atoms with van der Waals surface area (Å²) in [5.74, 6) is 1.79. The standard InChI is InChI=1S/C17H21ClN2O2/c1-2-21-15-6-5-13(18)12-14(15)17(16-4-3-11-22-16)20-9-7-19-8-10-20/h3-6,11-12,17,19H,2,7-10H2,1H3. The second-order valence-electron chi connectivity index (χ2n) is 5.32. The number of rotatable bonds is 5. The molecular formula is C17H21ClN2O2. The van der Waals surface area contributed by atoms with Gasteiger partial charge >= 0.3 is 0 Å². The predicted octanol–water partition coefficient (Wildman–Crippen LogP) is 3.33. The molecule has 1 aliphatic heterocycles. The van der Waals surface area contributed by atoms with Crippen LogP contribution < -0.4 is 10.1 Å². The molecule has 1 aromatic heterocycles. The molecule has 5 heteroatoms. The van der Waals surface area contributed by atoms with Crippen molar-refractivity contribution in [3.05, 3.63) is 52.9 Å². The van der Waals surface area contributed by atoms with Crippen LogP contribution in [0.25, 0.3) is 0 Å². The molecule has 1 N–H and O–H groups in total. The van der Waals surface area contributed by atoms with Crippen LogP contribution in [-0.4, -0.2) is 37.7 Å². The van der Waals surface area contributed by atoms with Crippen molar-refractivity contribution in [2.75, 3.05) is 32.8 Å². The highest BCUT2D eigenvalue weighted by molar-refractivity contribution is 6.30. The van der Waals surface area contributed by atoms with Crippen molar-refractivity contribution >= 4 is 11.6 Å². The Labute approximate surface area is 136 Å². The van der Waals surface area contributed by atoms with E-state index in [1.54, 1.807) is 6.26 Å². The van der Waals surface area contributed by atoms with Crippen LogP contribution in [0.4, 0.5) is 0 Å². The minimum absolute atomic E-state index is 0.0253. The van der Waals surface area contributed by atoms with Crippen LogP contribution in [0.3, 0.4) is 0 Å². The van der Waals surface area contributed by atoms with Crippen molar-refractivity contribution < 1.29 is 9.15 Å². The lowest BCUT2D eigenvalue weighted by Crippen LogP contribution is -2.45. The van der Waals surface area contributed by atoms with E-state index >= 15 is 0 Å². The quantitative estimate of drug-likeness (QED) is 0.917. The first-order valence-electron chi connectivity index (χ1n) is 7.70. The molecule has 0 radical (unpaired) electrons. The Morgan fingerprint density at radius 2 is 2.14 bits per heavy atom. The third-order valence-electron chi connectivity index (χ3n) is 3.90. The van der Waals surface area contributed by atoms with E-state index in [0.717, 1.165) is 43.3 Å². The van der Waals surface area contributed by atoms with E-state index in [-0.39, 0.29) is 6.04 Å². The van der Waals surface area contributed by atoms with Crippen molar-refractivity contribution in [3.63, 3.8) is 0 Å². The number of ether oxygens (including phenoxy) is 1. The number of halogens is 1. The number of benzene rings is 1. The van der Waals surface area contributed by atoms with E-state index in [2.05, 4.69) is 10.2 Å². The van der Waals surface area contributed by atoms with Gasteiger partial charge in [-0.1, -0.05) is 11.6 Å². The lowest BCUT2D eigenvalue weighted by Gasteiger charge is -2.34. The SMILES string of the molecule is CCOc1ccc(Cl)cc1C(c1ccco1)N1CCNCC1. The Morgan fingerprint density at radius 1 is 1.32 bits per heavy atom. The fourth-order valence-corrected chi connectivity index (χ4v) is 3.12. The maximum absolute atomic E-state index is 6.24. The van der Waals surface area contributed by atoms with Crippen LogP contribution in [0.15, 0.2) is 41.0 Å². The van der Waals surface area contributed by atoms with E-state index in [4.69, 9.17) is 20.8 Å². The normalized spacial score (nSPS) is 17.4. The summed E-state index contributed by atoms with van der Waals surface area (Å²) in [6.45, 7) is 6.49. The number of nitrogens with zero attached hydrogens (tertiary/aromatic N) is 1. The smallest absolute Gasteiger partial charge is 0.125 e. The van der Waals surface area contributed by atoms with Crippen molar-refractivity contribution in [1.29, 1.82) is 0 Å². The van der Waals surface area contributed by atoms with Crippen molar-refractivity contribution in [1.82, 2.24) is 10.2 Å². The highest BCUT2D eigenvalue weighted by Gasteiger charge is 2.28. The monoisotopic (exact) mass is 320 g/mol. The van der Waals surface area contributed by atoms with E-state index in [0.29, 0.717) is 11.6 Å². The largest absolute Gasteiger partial charge is 0.494 e. The average Bonchev–Trinajstić information content (AvgIpc) is 3.05. The van der Waals surface area contributed by atoms with Crippen LogP contribution in [0.1, 0.15) is 24.3 Å². The summed E-state index contributed by atoms with van der Waals surface area (Å²) in [6.07, 6.45) is 1.72. The molecule has 4 nitrogen and oxygen atoms in total. The Bertz CT molecular complexity index is 595. The van der Waals surface area contributed by atoms with Gasteiger partial charge in [0.1, 0.15) is 11.5 Å². The molecule has 0 saturated carbocycles. The molecule has 3 rings (SSSR count). The summed E-state index contributed by atoms with van der Waals surface area (Å²) in [5.41, 5.74) is 1.06. The lowest BCUT2D eigenvalue weighted by molar-refractivity contribution is 0.176. The Morgan fingerprint density at radius 3 is 2.82 bits per heavy atom. The molecular weight excluding hydrogens is 300 g/mol. The zero-order valence-corrected chi connectivity index (χ0v) is 13.5. The van der Waals surface area contributed by atoms with Crippen molar-refractivity contribution in [2.45, 2.75) is 13.0 Å². The highest BCUT2D eigenvalue weighted by Crippen LogP contribution is 2.36. The van der Waals surface area contributed by atoms with E-state index in [9.17, 15) is 0 Å². The maximum Gasteiger partial charge on any atom is 0.125 e. The molecule has 1 aromatic carbocycles. The average molecular weight is 321 g/mol. The Hall–Kier alpha value is -1.49. The number of nitrogens with one attached hydrogen (secondary N) is 1. The van der Waals surface area contributed by atoms with Gasteiger partial charge in [0.2, 0.25) is 0 Å². The molecule has 1 fully saturated rings. The number of hydrogen-bond acceptors (Lipinski definition) is 4. The zero-order valence-electron chi connectivity index (χ0n) is 12.7. The third kappa shape index (κ3) is 3.29. The topological polar surface area (TPSA) is 37.6 Å². The maximum atomic E-state index is 6.24. The lowest BCUT2D eigenvalue weighted by atomic mass is 10.0. The number of piperazine rings is 1. The molecule has 1 aliphatic rings. The first-order valence-corrected chi connectivity index (χ1v) is 8.08. The van der Waals surface area contributed by atoms with Gasteiger partial charge in [0.15, 0.2) is 0 Å². The van der Waals surface area contributed by atoms with Gasteiger partial charge in [-0.3, -0.25) is 4.90 Å². The fourth-order valence-electron chi connectivity index (χ4n) is 2.94. The molecule has 22 heavy (non-hydrogen) atoms. The van der Waals surface area contributed by atoms with Crippen LogP contribution in [-0.2, 0) is 0 Å². The first-order chi connectivity index (χ1) is 10.8. The van der Waals surface area contributed by atoms with E-state index < -0.39 is 0 Å². The molecule has 2 aromatic rings. The summed E-state index contributed by atoms with van der Waals surface area (Å²) < 4.78 is 11.5. The Kier molecular flexibility index (Phi) is 5.03. The number of furan rings is 1. The summed E-state index contributed by atoms with van der Waals surface area (Å²) in [6, 6.07) is 9.77. The van der Waals surface area contributed by atoms with E-state index in [1.165, 1.54) is 0 Å². The van der Waals surface area contributed by atoms with Gasteiger partial charge in [0.25, 0.3) is 0 Å². The van der Waals surface area contributed by atoms with Gasteiger partial charge < -0.3 is 14.5 Å². The van der Waals surface area contributed by atoms with E-state index in [1.807, 2.05) is 37.3 Å². The van der Waals surface area contributed by atoms with Crippen LogP contribution in [0, 0.1) is 0 Å². The second kappa shape index (κ2) is 7.18. The summed E-state index contributed by atoms with van der Waals surface area (Å²) in [7, 11) is 0. The van der Waals surface area contributed by atoms with Gasteiger partial charge in [-0.15, -0.1) is 0 Å². The summed E-state index contributed by atoms with van der Waals surface area (Å²) in [4.78, 5) is 2.41. The number of hydrogen-bond donors (Lipinski definition) is 1. The third-order valence-corrected chi connectivity index (χ3v) is 4.13. The molecule has 0 amide bonds. The minimum Gasteiger partial charge on any atom is -0.494 e. The van der Waals surface area contributed by atoms with Crippen LogP contribution in [0.2, 0.25) is 5.02 Å². The molecule has 0 aliphatic carbocycles. The fraction of sp³-hybridized carbons (Fsp3) is 0.412. The van der Waals surface area contributed by atoms with Crippen LogP contribution >= 0.6 is 11.6 Å². The molecule has 2 heterocycles. The van der Waals surface area contributed by atoms with Crippen molar-refractivity contribution in [2.24, 2.45) is 0 Å². The molecule has 0 bridgehead atoms. The molecule has 1 saturated heterocycles. The minimum atomic E-state index is 0.0253. The van der Waals surface area contributed by atoms with Crippen LogP contribution in [0.5, 0.6) is 5.75 Å². The first kappa shape index (κ1) is 15.4. The van der Waals surface area contributed by atoms with Gasteiger partial charge in [-0.25, -0.2) is 0 Å². The Balaban J connectivity index is 2.03. The van der Waals surface area contributed by atoms with Crippen molar-refractivity contribution in [3.8, 4) is 5.75 Å². The van der Waals surface area contributed by atoms with Gasteiger partial charge in [0.05, 0.1) is 18.9 Å². The molecule has 1 atom stereocenters. The van der Waals surface area contributed by atoms with Gasteiger partial charge in [-0.05, 0) is 37.3 Å². The predicted molar refractivity (Wildman–Crippen MR) is 87.6 cm³/mol. The van der Waals surface area contributed by atoms with Gasteiger partial charge in [-0.2, -0.15) is 0 Å². The van der Waals surface area contributed by atoms with Gasteiger partial charge in [0, 0.05) is 36.8 Å². The zero-order chi connectivity index (χ0) is 15.4. The molecule has 118 valence electrons. The second-order valence-corrected chi connectivity index (χ2v) is 5.76. The molecule has 0 spiro atoms. The molecule has 1 unspecified atom stereocenters. The summed E-state index contributed by atoms with van der Waals surface area (Å²) in [5, 5.41) is 4.10. The summed E-state index contributed by atoms with van der Waals surface area (Å²) >= 11 is 6.24. The highest BCUT2D eigenvalue weighted by atomic mass is 35.5.